The zero-order chi connectivity index (χ0) is 16.5. The maximum absolute atomic E-state index is 6.16. The van der Waals surface area contributed by atoms with Crippen LogP contribution >= 0.6 is 0 Å². The lowest BCUT2D eigenvalue weighted by atomic mass is 10.1. The van der Waals surface area contributed by atoms with Crippen molar-refractivity contribution < 1.29 is 0 Å². The zero-order valence-electron chi connectivity index (χ0n) is 13.6. The number of aromatic nitrogens is 4. The number of hydrogen-bond donors (Lipinski definition) is 1. The van der Waals surface area contributed by atoms with Gasteiger partial charge < -0.3 is 10.3 Å². The van der Waals surface area contributed by atoms with E-state index < -0.39 is 0 Å². The summed E-state index contributed by atoms with van der Waals surface area (Å²) in [7, 11) is 0. The van der Waals surface area contributed by atoms with E-state index in [4.69, 9.17) is 5.73 Å². The van der Waals surface area contributed by atoms with Crippen molar-refractivity contribution in [3.05, 3.63) is 49.1 Å². The quantitative estimate of drug-likeness (QED) is 0.617. The first-order valence-electron chi connectivity index (χ1n) is 8.22. The van der Waals surface area contributed by atoms with Crippen molar-refractivity contribution in [2.75, 3.05) is 5.73 Å². The fourth-order valence-electron chi connectivity index (χ4n) is 3.08. The van der Waals surface area contributed by atoms with Gasteiger partial charge in [-0.15, -0.1) is 0 Å². The molecule has 24 heavy (non-hydrogen) atoms. The molecule has 0 bridgehead atoms. The third-order valence-electron chi connectivity index (χ3n) is 4.34. The summed E-state index contributed by atoms with van der Waals surface area (Å²) in [5, 5.41) is 2.02. The Morgan fingerprint density at radius 1 is 1.12 bits per heavy atom. The number of pyridine rings is 1. The van der Waals surface area contributed by atoms with E-state index in [1.807, 2.05) is 24.4 Å². The first-order chi connectivity index (χ1) is 11.8. The van der Waals surface area contributed by atoms with Crippen molar-refractivity contribution in [1.29, 1.82) is 0 Å². The summed E-state index contributed by atoms with van der Waals surface area (Å²) in [5.41, 5.74) is 10.1. The van der Waals surface area contributed by atoms with Crippen LogP contribution < -0.4 is 5.73 Å². The van der Waals surface area contributed by atoms with E-state index in [1.165, 1.54) is 6.33 Å². The van der Waals surface area contributed by atoms with E-state index in [1.54, 1.807) is 0 Å². The largest absolute Gasteiger partial charge is 0.383 e. The van der Waals surface area contributed by atoms with Gasteiger partial charge in [0.15, 0.2) is 0 Å². The molecule has 5 nitrogen and oxygen atoms in total. The van der Waals surface area contributed by atoms with Crippen LogP contribution in [0, 0.1) is 0 Å². The van der Waals surface area contributed by atoms with Crippen molar-refractivity contribution >= 4 is 27.8 Å². The van der Waals surface area contributed by atoms with Crippen LogP contribution in [0.25, 0.3) is 33.1 Å². The Morgan fingerprint density at radius 2 is 2.00 bits per heavy atom. The SMILES string of the molecule is CCCCn1cc(-c2cnc3ccccc3c2)c2c(N)ncnc21. The van der Waals surface area contributed by atoms with E-state index in [0.717, 1.165) is 52.4 Å². The summed E-state index contributed by atoms with van der Waals surface area (Å²) in [6, 6.07) is 10.3. The van der Waals surface area contributed by atoms with Crippen LogP contribution in [0.3, 0.4) is 0 Å². The van der Waals surface area contributed by atoms with Crippen molar-refractivity contribution in [3.63, 3.8) is 0 Å². The molecule has 0 unspecified atom stereocenters. The summed E-state index contributed by atoms with van der Waals surface area (Å²) in [5.74, 6) is 0.512. The summed E-state index contributed by atoms with van der Waals surface area (Å²) in [6.45, 7) is 3.10. The fourth-order valence-corrected chi connectivity index (χ4v) is 3.08. The molecule has 0 saturated heterocycles. The molecule has 120 valence electrons. The Balaban J connectivity index is 1.94. The second-order valence-electron chi connectivity index (χ2n) is 5.96. The van der Waals surface area contributed by atoms with Gasteiger partial charge in [-0.2, -0.15) is 0 Å². The molecule has 0 aliphatic carbocycles. The molecule has 2 N–H and O–H groups in total. The highest BCUT2D eigenvalue weighted by Gasteiger charge is 2.15. The molecular weight excluding hydrogens is 298 g/mol. The van der Waals surface area contributed by atoms with Gasteiger partial charge >= 0.3 is 0 Å². The highest BCUT2D eigenvalue weighted by Crippen LogP contribution is 2.33. The van der Waals surface area contributed by atoms with Gasteiger partial charge in [-0.25, -0.2) is 9.97 Å². The predicted octanol–water partition coefficient (Wildman–Crippen LogP) is 4.03. The fraction of sp³-hybridized carbons (Fsp3) is 0.211. The monoisotopic (exact) mass is 317 g/mol. The lowest BCUT2D eigenvalue weighted by molar-refractivity contribution is 0.646. The second kappa shape index (κ2) is 5.92. The van der Waals surface area contributed by atoms with Crippen LogP contribution in [0.1, 0.15) is 19.8 Å². The van der Waals surface area contributed by atoms with Crippen molar-refractivity contribution in [2.24, 2.45) is 0 Å². The minimum Gasteiger partial charge on any atom is -0.383 e. The minimum absolute atomic E-state index is 0.512. The molecule has 0 amide bonds. The van der Waals surface area contributed by atoms with Crippen LogP contribution in [-0.4, -0.2) is 19.5 Å². The first-order valence-corrected chi connectivity index (χ1v) is 8.22. The molecule has 0 atom stereocenters. The van der Waals surface area contributed by atoms with E-state index in [0.29, 0.717) is 5.82 Å². The van der Waals surface area contributed by atoms with Crippen molar-refractivity contribution in [3.8, 4) is 11.1 Å². The summed E-state index contributed by atoms with van der Waals surface area (Å²) in [4.78, 5) is 13.2. The maximum Gasteiger partial charge on any atom is 0.146 e. The van der Waals surface area contributed by atoms with Gasteiger partial charge in [0.2, 0.25) is 0 Å². The smallest absolute Gasteiger partial charge is 0.146 e. The highest BCUT2D eigenvalue weighted by molar-refractivity contribution is 6.01. The van der Waals surface area contributed by atoms with E-state index >= 15 is 0 Å². The van der Waals surface area contributed by atoms with Crippen LogP contribution in [0.5, 0.6) is 0 Å². The average molecular weight is 317 g/mol. The van der Waals surface area contributed by atoms with Gasteiger partial charge in [0.25, 0.3) is 0 Å². The number of fused-ring (bicyclic) bond motifs is 2. The number of anilines is 1. The molecule has 0 saturated carbocycles. The Morgan fingerprint density at radius 3 is 2.88 bits per heavy atom. The highest BCUT2D eigenvalue weighted by atomic mass is 15.1. The van der Waals surface area contributed by atoms with Gasteiger partial charge in [0.1, 0.15) is 17.8 Å². The second-order valence-corrected chi connectivity index (χ2v) is 5.96. The Labute approximate surface area is 140 Å². The van der Waals surface area contributed by atoms with Gasteiger partial charge in [0, 0.05) is 35.5 Å². The maximum atomic E-state index is 6.16. The molecule has 0 radical (unpaired) electrons. The van der Waals surface area contributed by atoms with E-state index in [-0.39, 0.29) is 0 Å². The molecule has 0 aliphatic rings. The molecule has 3 heterocycles. The average Bonchev–Trinajstić information content (AvgIpc) is 2.99. The topological polar surface area (TPSA) is 69.6 Å². The van der Waals surface area contributed by atoms with Crippen LogP contribution in [0.4, 0.5) is 5.82 Å². The number of hydrogen-bond acceptors (Lipinski definition) is 4. The van der Waals surface area contributed by atoms with Gasteiger partial charge in [-0.1, -0.05) is 31.5 Å². The lowest BCUT2D eigenvalue weighted by Crippen LogP contribution is -1.98. The Hall–Kier alpha value is -2.95. The molecule has 1 aromatic carbocycles. The number of para-hydroxylation sites is 1. The summed E-state index contributed by atoms with van der Waals surface area (Å²) >= 11 is 0. The van der Waals surface area contributed by atoms with E-state index in [9.17, 15) is 0 Å². The molecule has 0 fully saturated rings. The standard InChI is InChI=1S/C19H19N5/c1-2-3-8-24-11-15(17-18(20)22-12-23-19(17)24)14-9-13-6-4-5-7-16(13)21-10-14/h4-7,9-12H,2-3,8H2,1H3,(H2,20,22,23). The van der Waals surface area contributed by atoms with Gasteiger partial charge in [0.05, 0.1) is 10.9 Å². The first kappa shape index (κ1) is 14.6. The lowest BCUT2D eigenvalue weighted by Gasteiger charge is -2.03. The number of nitrogens with two attached hydrogens (primary N) is 1. The third-order valence-corrected chi connectivity index (χ3v) is 4.34. The molecule has 4 aromatic rings. The van der Waals surface area contributed by atoms with E-state index in [2.05, 4.69) is 44.8 Å². The number of aryl methyl sites for hydroxylation is 1. The number of rotatable bonds is 4. The number of unbranched alkanes of at least 4 members (excludes halogenated alkanes) is 1. The Kier molecular flexibility index (Phi) is 3.61. The number of benzene rings is 1. The minimum atomic E-state index is 0.512. The zero-order valence-corrected chi connectivity index (χ0v) is 13.6. The molecule has 3 aromatic heterocycles. The molecule has 4 rings (SSSR count). The molecule has 0 aliphatic heterocycles. The van der Waals surface area contributed by atoms with Gasteiger partial charge in [-0.05, 0) is 18.6 Å². The molecule has 5 heteroatoms. The van der Waals surface area contributed by atoms with Crippen LogP contribution in [0.15, 0.2) is 49.1 Å². The molecular formula is C19H19N5. The van der Waals surface area contributed by atoms with Crippen molar-refractivity contribution in [1.82, 2.24) is 19.5 Å². The Bertz CT molecular complexity index is 1020. The number of nitrogen functional groups attached to an aromatic ring is 1. The third kappa shape index (κ3) is 2.38. The van der Waals surface area contributed by atoms with Crippen LogP contribution in [-0.2, 0) is 6.54 Å². The van der Waals surface area contributed by atoms with Gasteiger partial charge in [-0.3, -0.25) is 4.98 Å². The summed E-state index contributed by atoms with van der Waals surface area (Å²) in [6.07, 6.45) is 7.78. The molecule has 0 spiro atoms. The summed E-state index contributed by atoms with van der Waals surface area (Å²) < 4.78 is 2.17. The van der Waals surface area contributed by atoms with Crippen LogP contribution in [0.2, 0.25) is 0 Å². The normalized spacial score (nSPS) is 11.4. The predicted molar refractivity (Wildman–Crippen MR) is 97.6 cm³/mol. The number of nitrogens with zero attached hydrogens (tertiary/aromatic N) is 4. The van der Waals surface area contributed by atoms with Crippen molar-refractivity contribution in [2.45, 2.75) is 26.3 Å².